The van der Waals surface area contributed by atoms with Gasteiger partial charge >= 0.3 is 0 Å². The number of nitriles is 1. The SMILES string of the molecule is C=CCOCC1CCC(C2CCC(C#N)CC2)CC1. The zero-order chi connectivity index (χ0) is 13.5. The van der Waals surface area contributed by atoms with Crippen molar-refractivity contribution in [2.45, 2.75) is 51.4 Å². The van der Waals surface area contributed by atoms with E-state index in [2.05, 4.69) is 12.6 Å². The molecule has 0 amide bonds. The lowest BCUT2D eigenvalue weighted by atomic mass is 9.69. The Morgan fingerprint density at radius 1 is 1.00 bits per heavy atom. The Kier molecular flexibility index (Phi) is 5.92. The van der Waals surface area contributed by atoms with E-state index in [0.717, 1.165) is 37.2 Å². The molecule has 2 heteroatoms. The first-order valence-electron chi connectivity index (χ1n) is 7.91. The molecule has 0 aromatic carbocycles. The molecule has 0 radical (unpaired) electrons. The quantitative estimate of drug-likeness (QED) is 0.545. The minimum Gasteiger partial charge on any atom is -0.377 e. The van der Waals surface area contributed by atoms with E-state index in [1.807, 2.05) is 6.08 Å². The Bertz CT molecular complexity index is 304. The molecule has 0 heterocycles. The minimum atomic E-state index is 0.347. The van der Waals surface area contributed by atoms with Crippen molar-refractivity contribution in [2.24, 2.45) is 23.7 Å². The van der Waals surface area contributed by atoms with E-state index in [0.29, 0.717) is 12.5 Å². The van der Waals surface area contributed by atoms with Crippen molar-refractivity contribution in [3.8, 4) is 6.07 Å². The molecule has 19 heavy (non-hydrogen) atoms. The zero-order valence-corrected chi connectivity index (χ0v) is 12.0. The van der Waals surface area contributed by atoms with Crippen LogP contribution in [-0.2, 0) is 4.74 Å². The molecule has 106 valence electrons. The largest absolute Gasteiger partial charge is 0.377 e. The van der Waals surface area contributed by atoms with Gasteiger partial charge in [0.25, 0.3) is 0 Å². The average Bonchev–Trinajstić information content (AvgIpc) is 2.48. The number of ether oxygens (including phenoxy) is 1. The van der Waals surface area contributed by atoms with Gasteiger partial charge in [-0.25, -0.2) is 0 Å². The highest BCUT2D eigenvalue weighted by Gasteiger charge is 2.30. The molecular formula is C17H27NO. The van der Waals surface area contributed by atoms with E-state index in [-0.39, 0.29) is 0 Å². The molecule has 0 N–H and O–H groups in total. The monoisotopic (exact) mass is 261 g/mol. The van der Waals surface area contributed by atoms with Crippen LogP contribution in [0.2, 0.25) is 0 Å². The van der Waals surface area contributed by atoms with Gasteiger partial charge < -0.3 is 4.74 Å². The van der Waals surface area contributed by atoms with Crippen molar-refractivity contribution in [2.75, 3.05) is 13.2 Å². The van der Waals surface area contributed by atoms with Crippen LogP contribution in [-0.4, -0.2) is 13.2 Å². The van der Waals surface area contributed by atoms with Crippen LogP contribution in [0.1, 0.15) is 51.4 Å². The van der Waals surface area contributed by atoms with Gasteiger partial charge in [-0.05, 0) is 69.1 Å². The molecule has 0 aromatic rings. The van der Waals surface area contributed by atoms with Gasteiger partial charge in [-0.3, -0.25) is 0 Å². The summed E-state index contributed by atoms with van der Waals surface area (Å²) in [6, 6.07) is 2.44. The summed E-state index contributed by atoms with van der Waals surface area (Å²) in [7, 11) is 0. The van der Waals surface area contributed by atoms with Crippen molar-refractivity contribution in [3.63, 3.8) is 0 Å². The second kappa shape index (κ2) is 7.70. The Labute approximate surface area is 117 Å². The van der Waals surface area contributed by atoms with Gasteiger partial charge in [0.1, 0.15) is 0 Å². The Balaban J connectivity index is 1.66. The third-order valence-corrected chi connectivity index (χ3v) is 5.10. The van der Waals surface area contributed by atoms with Gasteiger partial charge in [0, 0.05) is 12.5 Å². The molecule has 0 spiro atoms. The summed E-state index contributed by atoms with van der Waals surface area (Å²) in [6.45, 7) is 5.29. The fraction of sp³-hybridized carbons (Fsp3) is 0.824. The first-order chi connectivity index (χ1) is 9.33. The van der Waals surface area contributed by atoms with Gasteiger partial charge in [0.2, 0.25) is 0 Å². The van der Waals surface area contributed by atoms with Crippen molar-refractivity contribution < 1.29 is 4.74 Å². The Morgan fingerprint density at radius 2 is 1.58 bits per heavy atom. The molecule has 0 atom stereocenters. The summed E-state index contributed by atoms with van der Waals surface area (Å²) in [5.41, 5.74) is 0. The molecule has 2 aliphatic rings. The number of hydrogen-bond donors (Lipinski definition) is 0. The molecule has 0 aromatic heterocycles. The summed E-state index contributed by atoms with van der Waals surface area (Å²) in [5, 5.41) is 8.95. The lowest BCUT2D eigenvalue weighted by molar-refractivity contribution is 0.0802. The highest BCUT2D eigenvalue weighted by molar-refractivity contribution is 4.89. The molecule has 2 aliphatic carbocycles. The molecule has 0 bridgehead atoms. The fourth-order valence-electron chi connectivity index (χ4n) is 3.86. The fourth-order valence-corrected chi connectivity index (χ4v) is 3.86. The van der Waals surface area contributed by atoms with Crippen LogP contribution < -0.4 is 0 Å². The highest BCUT2D eigenvalue weighted by atomic mass is 16.5. The smallest absolute Gasteiger partial charge is 0.0655 e. The van der Waals surface area contributed by atoms with Crippen LogP contribution in [0.15, 0.2) is 12.7 Å². The lowest BCUT2D eigenvalue weighted by Crippen LogP contribution is -2.26. The van der Waals surface area contributed by atoms with Crippen LogP contribution in [0.3, 0.4) is 0 Å². The average molecular weight is 261 g/mol. The van der Waals surface area contributed by atoms with Crippen molar-refractivity contribution in [1.82, 2.24) is 0 Å². The Morgan fingerprint density at radius 3 is 2.11 bits per heavy atom. The van der Waals surface area contributed by atoms with Crippen LogP contribution >= 0.6 is 0 Å². The van der Waals surface area contributed by atoms with Crippen molar-refractivity contribution in [1.29, 1.82) is 5.26 Å². The van der Waals surface area contributed by atoms with Gasteiger partial charge in [-0.1, -0.05) is 6.08 Å². The number of rotatable bonds is 5. The van der Waals surface area contributed by atoms with Crippen LogP contribution in [0.4, 0.5) is 0 Å². The molecule has 0 saturated heterocycles. The van der Waals surface area contributed by atoms with Crippen LogP contribution in [0, 0.1) is 35.0 Å². The first kappa shape index (κ1) is 14.6. The molecule has 2 rings (SSSR count). The van der Waals surface area contributed by atoms with E-state index in [1.54, 1.807) is 0 Å². The lowest BCUT2D eigenvalue weighted by Gasteiger charge is -2.36. The minimum absolute atomic E-state index is 0.347. The second-order valence-electron chi connectivity index (χ2n) is 6.35. The van der Waals surface area contributed by atoms with E-state index >= 15 is 0 Å². The summed E-state index contributed by atoms with van der Waals surface area (Å²) in [5.74, 6) is 2.95. The molecule has 0 aliphatic heterocycles. The topological polar surface area (TPSA) is 33.0 Å². The normalized spacial score (nSPS) is 35.5. The van der Waals surface area contributed by atoms with Gasteiger partial charge in [0.05, 0.1) is 12.7 Å². The molecule has 0 unspecified atom stereocenters. The summed E-state index contributed by atoms with van der Waals surface area (Å²) in [6.07, 6.45) is 12.1. The number of nitrogens with zero attached hydrogens (tertiary/aromatic N) is 1. The van der Waals surface area contributed by atoms with Crippen molar-refractivity contribution >= 4 is 0 Å². The maximum atomic E-state index is 8.95. The van der Waals surface area contributed by atoms with E-state index in [9.17, 15) is 0 Å². The summed E-state index contributed by atoms with van der Waals surface area (Å²) < 4.78 is 5.58. The van der Waals surface area contributed by atoms with Crippen LogP contribution in [0.5, 0.6) is 0 Å². The van der Waals surface area contributed by atoms with E-state index in [1.165, 1.54) is 38.5 Å². The molecule has 2 fully saturated rings. The molecule has 2 nitrogen and oxygen atoms in total. The third kappa shape index (κ3) is 4.35. The van der Waals surface area contributed by atoms with Crippen LogP contribution in [0.25, 0.3) is 0 Å². The maximum absolute atomic E-state index is 8.95. The second-order valence-corrected chi connectivity index (χ2v) is 6.35. The van der Waals surface area contributed by atoms with E-state index in [4.69, 9.17) is 10.00 Å². The summed E-state index contributed by atoms with van der Waals surface area (Å²) >= 11 is 0. The molecule has 2 saturated carbocycles. The summed E-state index contributed by atoms with van der Waals surface area (Å²) in [4.78, 5) is 0. The predicted octanol–water partition coefficient (Wildman–Crippen LogP) is 4.33. The maximum Gasteiger partial charge on any atom is 0.0655 e. The number of hydrogen-bond acceptors (Lipinski definition) is 2. The predicted molar refractivity (Wildman–Crippen MR) is 77.5 cm³/mol. The van der Waals surface area contributed by atoms with E-state index < -0.39 is 0 Å². The van der Waals surface area contributed by atoms with Crippen molar-refractivity contribution in [3.05, 3.63) is 12.7 Å². The molecular weight excluding hydrogens is 234 g/mol. The standard InChI is InChI=1S/C17H27NO/c1-2-11-19-13-15-5-9-17(10-6-15)16-7-3-14(12-18)4-8-16/h2,14-17H,1,3-11,13H2. The third-order valence-electron chi connectivity index (χ3n) is 5.10. The highest BCUT2D eigenvalue weighted by Crippen LogP contribution is 2.41. The van der Waals surface area contributed by atoms with Gasteiger partial charge in [-0.2, -0.15) is 5.26 Å². The van der Waals surface area contributed by atoms with Gasteiger partial charge in [-0.15, -0.1) is 6.58 Å². The zero-order valence-electron chi connectivity index (χ0n) is 12.0. The first-order valence-corrected chi connectivity index (χ1v) is 7.91. The Hall–Kier alpha value is -0.810. The van der Waals surface area contributed by atoms with Gasteiger partial charge in [0.15, 0.2) is 0 Å².